The lowest BCUT2D eigenvalue weighted by atomic mass is 9.97. The molecule has 0 aliphatic carbocycles. The van der Waals surface area contributed by atoms with Gasteiger partial charge in [-0.05, 0) is 49.2 Å². The number of fused-ring (bicyclic) bond motifs is 1. The van der Waals surface area contributed by atoms with Crippen molar-refractivity contribution in [3.05, 3.63) is 52.4 Å². The monoisotopic (exact) mass is 277 g/mol. The van der Waals surface area contributed by atoms with E-state index in [-0.39, 0.29) is 6.04 Å². The average Bonchev–Trinajstić information content (AvgIpc) is 2.86. The van der Waals surface area contributed by atoms with Crippen molar-refractivity contribution >= 4 is 11.6 Å². The minimum Gasteiger partial charge on any atom is -0.493 e. The zero-order chi connectivity index (χ0) is 13.2. The lowest BCUT2D eigenvalue weighted by Crippen LogP contribution is -2.20. The first-order valence-corrected chi connectivity index (χ1v) is 6.84. The van der Waals surface area contributed by atoms with Crippen molar-refractivity contribution in [2.24, 2.45) is 0 Å². The van der Waals surface area contributed by atoms with Gasteiger partial charge in [-0.1, -0.05) is 18.2 Å². The van der Waals surface area contributed by atoms with Crippen LogP contribution in [-0.2, 0) is 6.42 Å². The number of nitrogens with one attached hydrogen (secondary N) is 1. The van der Waals surface area contributed by atoms with E-state index in [0.29, 0.717) is 5.22 Å². The van der Waals surface area contributed by atoms with Crippen molar-refractivity contribution in [2.45, 2.75) is 18.9 Å². The second-order valence-electron chi connectivity index (χ2n) is 4.65. The van der Waals surface area contributed by atoms with E-state index in [2.05, 4.69) is 23.5 Å². The lowest BCUT2D eigenvalue weighted by molar-refractivity contribution is 0.282. The number of para-hydroxylation sites is 1. The van der Waals surface area contributed by atoms with E-state index >= 15 is 0 Å². The topological polar surface area (TPSA) is 34.4 Å². The zero-order valence-electron chi connectivity index (χ0n) is 10.8. The molecule has 1 unspecified atom stereocenters. The molecule has 1 aromatic carbocycles. The first kappa shape index (κ1) is 12.6. The molecule has 0 bridgehead atoms. The third-order valence-corrected chi connectivity index (χ3v) is 3.65. The van der Waals surface area contributed by atoms with E-state index in [1.54, 1.807) is 6.07 Å². The standard InChI is InChI=1S/C15H16ClNO2/c1-17-14(12-7-8-13(16)19-12)11-6-2-4-10-5-3-9-18-15(10)11/h2,4,6-8,14,17H,3,5,9H2,1H3. The highest BCUT2D eigenvalue weighted by molar-refractivity contribution is 6.28. The van der Waals surface area contributed by atoms with Gasteiger partial charge in [0.2, 0.25) is 0 Å². The Morgan fingerprint density at radius 3 is 2.89 bits per heavy atom. The predicted molar refractivity (Wildman–Crippen MR) is 74.9 cm³/mol. The van der Waals surface area contributed by atoms with E-state index in [1.807, 2.05) is 13.1 Å². The van der Waals surface area contributed by atoms with Crippen LogP contribution in [0, 0.1) is 0 Å². The van der Waals surface area contributed by atoms with Crippen LogP contribution < -0.4 is 10.1 Å². The Hall–Kier alpha value is -1.45. The molecule has 0 spiro atoms. The summed E-state index contributed by atoms with van der Waals surface area (Å²) in [4.78, 5) is 0. The number of ether oxygens (including phenoxy) is 1. The molecule has 19 heavy (non-hydrogen) atoms. The van der Waals surface area contributed by atoms with Crippen molar-refractivity contribution in [1.82, 2.24) is 5.32 Å². The number of hydrogen-bond acceptors (Lipinski definition) is 3. The molecule has 0 fully saturated rings. The summed E-state index contributed by atoms with van der Waals surface area (Å²) in [7, 11) is 1.91. The molecule has 1 aliphatic heterocycles. The summed E-state index contributed by atoms with van der Waals surface area (Å²) >= 11 is 5.87. The molecule has 1 aliphatic rings. The van der Waals surface area contributed by atoms with Gasteiger partial charge in [0.1, 0.15) is 11.5 Å². The number of rotatable bonds is 3. The van der Waals surface area contributed by atoms with Gasteiger partial charge in [0, 0.05) is 5.56 Å². The maximum Gasteiger partial charge on any atom is 0.193 e. The molecule has 4 heteroatoms. The second-order valence-corrected chi connectivity index (χ2v) is 5.02. The van der Waals surface area contributed by atoms with Crippen molar-refractivity contribution in [3.63, 3.8) is 0 Å². The van der Waals surface area contributed by atoms with Crippen molar-refractivity contribution in [2.75, 3.05) is 13.7 Å². The molecule has 2 heterocycles. The summed E-state index contributed by atoms with van der Waals surface area (Å²) in [5, 5.41) is 3.67. The zero-order valence-corrected chi connectivity index (χ0v) is 11.5. The van der Waals surface area contributed by atoms with E-state index in [1.165, 1.54) is 5.56 Å². The Labute approximate surface area is 117 Å². The van der Waals surface area contributed by atoms with Gasteiger partial charge in [-0.2, -0.15) is 0 Å². The van der Waals surface area contributed by atoms with Gasteiger partial charge in [0.05, 0.1) is 12.6 Å². The Kier molecular flexibility index (Phi) is 3.49. The molecule has 0 amide bonds. The molecule has 0 saturated heterocycles. The van der Waals surface area contributed by atoms with Gasteiger partial charge in [-0.25, -0.2) is 0 Å². The highest BCUT2D eigenvalue weighted by Crippen LogP contribution is 2.36. The number of aryl methyl sites for hydroxylation is 1. The van der Waals surface area contributed by atoms with E-state index < -0.39 is 0 Å². The van der Waals surface area contributed by atoms with Crippen LogP contribution in [0.3, 0.4) is 0 Å². The fourth-order valence-corrected chi connectivity index (χ4v) is 2.73. The molecule has 0 radical (unpaired) electrons. The molecular formula is C15H16ClNO2. The third-order valence-electron chi connectivity index (χ3n) is 3.44. The molecule has 3 nitrogen and oxygen atoms in total. The molecule has 1 atom stereocenters. The van der Waals surface area contributed by atoms with Gasteiger partial charge in [-0.15, -0.1) is 0 Å². The lowest BCUT2D eigenvalue weighted by Gasteiger charge is -2.24. The first-order valence-electron chi connectivity index (χ1n) is 6.46. The quantitative estimate of drug-likeness (QED) is 0.931. The van der Waals surface area contributed by atoms with Crippen LogP contribution in [0.5, 0.6) is 5.75 Å². The van der Waals surface area contributed by atoms with Crippen molar-refractivity contribution in [3.8, 4) is 5.75 Å². The number of benzene rings is 1. The summed E-state index contributed by atoms with van der Waals surface area (Å²) in [6.45, 7) is 0.777. The van der Waals surface area contributed by atoms with Crippen LogP contribution in [0.4, 0.5) is 0 Å². The van der Waals surface area contributed by atoms with Crippen molar-refractivity contribution < 1.29 is 9.15 Å². The fraction of sp³-hybridized carbons (Fsp3) is 0.333. The summed E-state index contributed by atoms with van der Waals surface area (Å²) in [6, 6.07) is 9.88. The van der Waals surface area contributed by atoms with Gasteiger partial charge in [0.25, 0.3) is 0 Å². The number of halogens is 1. The maximum absolute atomic E-state index is 5.87. The number of furan rings is 1. The van der Waals surface area contributed by atoms with Crippen LogP contribution in [-0.4, -0.2) is 13.7 Å². The Balaban J connectivity index is 2.04. The minimum atomic E-state index is -0.0412. The van der Waals surface area contributed by atoms with Crippen LogP contribution in [0.15, 0.2) is 34.7 Å². The summed E-state index contributed by atoms with van der Waals surface area (Å²) in [5.74, 6) is 1.79. The minimum absolute atomic E-state index is 0.0412. The summed E-state index contributed by atoms with van der Waals surface area (Å²) in [6.07, 6.45) is 2.14. The molecule has 3 rings (SSSR count). The van der Waals surface area contributed by atoms with Gasteiger partial charge in [0.15, 0.2) is 5.22 Å². The summed E-state index contributed by atoms with van der Waals surface area (Å²) < 4.78 is 11.4. The second kappa shape index (κ2) is 5.27. The molecule has 2 aromatic rings. The highest BCUT2D eigenvalue weighted by Gasteiger charge is 2.23. The normalized spacial score (nSPS) is 15.7. The van der Waals surface area contributed by atoms with Crippen LogP contribution in [0.25, 0.3) is 0 Å². The van der Waals surface area contributed by atoms with Crippen molar-refractivity contribution in [1.29, 1.82) is 0 Å². The van der Waals surface area contributed by atoms with Gasteiger partial charge in [-0.3, -0.25) is 0 Å². The Morgan fingerprint density at radius 1 is 1.26 bits per heavy atom. The van der Waals surface area contributed by atoms with E-state index in [9.17, 15) is 0 Å². The molecular weight excluding hydrogens is 262 g/mol. The predicted octanol–water partition coefficient (Wildman–Crippen LogP) is 3.57. The SMILES string of the molecule is CNC(c1ccc(Cl)o1)c1cccc2c1OCCC2. The largest absolute Gasteiger partial charge is 0.493 e. The van der Waals surface area contributed by atoms with E-state index in [4.69, 9.17) is 20.8 Å². The van der Waals surface area contributed by atoms with E-state index in [0.717, 1.165) is 36.5 Å². The Morgan fingerprint density at radius 2 is 2.16 bits per heavy atom. The fourth-order valence-electron chi connectivity index (χ4n) is 2.58. The smallest absolute Gasteiger partial charge is 0.193 e. The van der Waals surface area contributed by atoms with Gasteiger partial charge < -0.3 is 14.5 Å². The first-order chi connectivity index (χ1) is 9.29. The summed E-state index contributed by atoms with van der Waals surface area (Å²) in [5.41, 5.74) is 2.37. The van der Waals surface area contributed by atoms with Crippen LogP contribution >= 0.6 is 11.6 Å². The van der Waals surface area contributed by atoms with Gasteiger partial charge >= 0.3 is 0 Å². The molecule has 1 aromatic heterocycles. The Bertz CT molecular complexity index is 579. The van der Waals surface area contributed by atoms with Crippen LogP contribution in [0.1, 0.15) is 29.3 Å². The third kappa shape index (κ3) is 2.36. The highest BCUT2D eigenvalue weighted by atomic mass is 35.5. The molecule has 100 valence electrons. The number of hydrogen-bond donors (Lipinski definition) is 1. The molecule has 1 N–H and O–H groups in total. The molecule has 0 saturated carbocycles. The van der Waals surface area contributed by atoms with Crippen LogP contribution in [0.2, 0.25) is 5.22 Å². The maximum atomic E-state index is 5.87. The average molecular weight is 278 g/mol.